The lowest BCUT2D eigenvalue weighted by Gasteiger charge is -2.38. The number of hydrogen-bond acceptors (Lipinski definition) is 3. The lowest BCUT2D eigenvalue weighted by molar-refractivity contribution is -0.124. The van der Waals surface area contributed by atoms with E-state index < -0.39 is 0 Å². The van der Waals surface area contributed by atoms with Crippen molar-refractivity contribution < 1.29 is 9.90 Å². The van der Waals surface area contributed by atoms with Crippen molar-refractivity contribution >= 4 is 5.91 Å². The average Bonchev–Trinajstić information content (AvgIpc) is 2.11. The molecule has 15 heavy (non-hydrogen) atoms. The highest BCUT2D eigenvalue weighted by Crippen LogP contribution is 2.31. The largest absolute Gasteiger partial charge is 0.394 e. The van der Waals surface area contributed by atoms with Crippen molar-refractivity contribution in [2.24, 2.45) is 11.7 Å². The lowest BCUT2D eigenvalue weighted by atomic mass is 9.75. The Kier molecular flexibility index (Phi) is 4.11. The van der Waals surface area contributed by atoms with Crippen LogP contribution in [-0.4, -0.2) is 29.2 Å². The van der Waals surface area contributed by atoms with E-state index in [-0.39, 0.29) is 30.0 Å². The molecule has 0 aromatic rings. The predicted octanol–water partition coefficient (Wildman–Crippen LogP) is 0.391. The van der Waals surface area contributed by atoms with Crippen LogP contribution in [0.5, 0.6) is 0 Å². The number of aliphatic hydroxyl groups excluding tert-OH is 1. The summed E-state index contributed by atoms with van der Waals surface area (Å²) in [5.74, 6) is 0.207. The fourth-order valence-electron chi connectivity index (χ4n) is 1.81. The van der Waals surface area contributed by atoms with Gasteiger partial charge in [0.2, 0.25) is 5.91 Å². The summed E-state index contributed by atoms with van der Waals surface area (Å²) in [7, 11) is 0. The quantitative estimate of drug-likeness (QED) is 0.619. The summed E-state index contributed by atoms with van der Waals surface area (Å²) in [5, 5.41) is 11.9. The van der Waals surface area contributed by atoms with E-state index in [9.17, 15) is 4.79 Å². The minimum Gasteiger partial charge on any atom is -0.394 e. The molecule has 0 spiro atoms. The van der Waals surface area contributed by atoms with Gasteiger partial charge >= 0.3 is 0 Å². The van der Waals surface area contributed by atoms with Gasteiger partial charge < -0.3 is 16.2 Å². The zero-order valence-electron chi connectivity index (χ0n) is 9.62. The van der Waals surface area contributed by atoms with Gasteiger partial charge in [0.15, 0.2) is 0 Å². The Balaban J connectivity index is 2.34. The van der Waals surface area contributed by atoms with E-state index >= 15 is 0 Å². The maximum absolute atomic E-state index is 11.6. The molecule has 1 atom stereocenters. The molecule has 1 amide bonds. The monoisotopic (exact) mass is 214 g/mol. The first-order valence-electron chi connectivity index (χ1n) is 5.66. The second-order valence-corrected chi connectivity index (χ2v) is 4.99. The second kappa shape index (κ2) is 4.94. The van der Waals surface area contributed by atoms with Gasteiger partial charge in [0.05, 0.1) is 12.6 Å². The van der Waals surface area contributed by atoms with Gasteiger partial charge in [-0.15, -0.1) is 0 Å². The smallest absolute Gasteiger partial charge is 0.222 e. The molecule has 0 bridgehead atoms. The highest BCUT2D eigenvalue weighted by molar-refractivity contribution is 5.77. The molecule has 4 heteroatoms. The van der Waals surface area contributed by atoms with Crippen LogP contribution in [0.1, 0.15) is 39.5 Å². The van der Waals surface area contributed by atoms with E-state index in [2.05, 4.69) is 5.32 Å². The summed E-state index contributed by atoms with van der Waals surface area (Å²) < 4.78 is 0. The van der Waals surface area contributed by atoms with Gasteiger partial charge in [-0.2, -0.15) is 0 Å². The Bertz CT molecular complexity index is 225. The van der Waals surface area contributed by atoms with Crippen molar-refractivity contribution in [1.82, 2.24) is 5.32 Å². The molecule has 0 aromatic carbocycles. The standard InChI is InChI=1S/C11H22N2O2/c1-8(2)9(7-14)13-10(15)6-11(12)4-3-5-11/h8-9,14H,3-7,12H2,1-2H3,(H,13,15). The third-order valence-corrected chi connectivity index (χ3v) is 3.21. The highest BCUT2D eigenvalue weighted by Gasteiger charge is 2.35. The topological polar surface area (TPSA) is 75.3 Å². The average molecular weight is 214 g/mol. The number of nitrogens with one attached hydrogen (secondary N) is 1. The first-order chi connectivity index (χ1) is 6.97. The minimum atomic E-state index is -0.277. The zero-order valence-corrected chi connectivity index (χ0v) is 9.62. The summed E-state index contributed by atoms with van der Waals surface area (Å²) in [6.45, 7) is 3.94. The molecule has 0 aromatic heterocycles. The van der Waals surface area contributed by atoms with Gasteiger partial charge in [0.25, 0.3) is 0 Å². The summed E-state index contributed by atoms with van der Waals surface area (Å²) in [5.41, 5.74) is 5.70. The third-order valence-electron chi connectivity index (χ3n) is 3.21. The second-order valence-electron chi connectivity index (χ2n) is 4.99. The number of rotatable bonds is 5. The van der Waals surface area contributed by atoms with Gasteiger partial charge in [-0.1, -0.05) is 13.8 Å². The molecule has 0 heterocycles. The van der Waals surface area contributed by atoms with Crippen LogP contribution in [0, 0.1) is 5.92 Å². The van der Waals surface area contributed by atoms with E-state index in [1.165, 1.54) is 0 Å². The number of carbonyl (C=O) groups is 1. The van der Waals surface area contributed by atoms with Crippen LogP contribution < -0.4 is 11.1 Å². The summed E-state index contributed by atoms with van der Waals surface area (Å²) in [4.78, 5) is 11.6. The van der Waals surface area contributed by atoms with Crippen LogP contribution in [0.15, 0.2) is 0 Å². The molecular weight excluding hydrogens is 192 g/mol. The summed E-state index contributed by atoms with van der Waals surface area (Å²) >= 11 is 0. The van der Waals surface area contributed by atoms with E-state index in [1.807, 2.05) is 13.8 Å². The molecule has 1 saturated carbocycles. The fourth-order valence-corrected chi connectivity index (χ4v) is 1.81. The van der Waals surface area contributed by atoms with Crippen molar-refractivity contribution in [3.05, 3.63) is 0 Å². The molecule has 1 fully saturated rings. The fraction of sp³-hybridized carbons (Fsp3) is 0.909. The predicted molar refractivity (Wildman–Crippen MR) is 59.2 cm³/mol. The molecule has 1 rings (SSSR count). The molecular formula is C11H22N2O2. The van der Waals surface area contributed by atoms with Crippen LogP contribution in [0.3, 0.4) is 0 Å². The van der Waals surface area contributed by atoms with Crippen molar-refractivity contribution in [2.75, 3.05) is 6.61 Å². The van der Waals surface area contributed by atoms with Gasteiger partial charge in [-0.3, -0.25) is 4.79 Å². The molecule has 4 nitrogen and oxygen atoms in total. The van der Waals surface area contributed by atoms with E-state index in [1.54, 1.807) is 0 Å². The number of carbonyl (C=O) groups excluding carboxylic acids is 1. The maximum atomic E-state index is 11.6. The summed E-state index contributed by atoms with van der Waals surface area (Å²) in [6.07, 6.45) is 3.38. The Morgan fingerprint density at radius 1 is 1.53 bits per heavy atom. The molecule has 1 aliphatic rings. The van der Waals surface area contributed by atoms with E-state index in [0.29, 0.717) is 6.42 Å². The van der Waals surface area contributed by atoms with Gasteiger partial charge in [-0.25, -0.2) is 0 Å². The molecule has 88 valence electrons. The Hall–Kier alpha value is -0.610. The van der Waals surface area contributed by atoms with Crippen LogP contribution >= 0.6 is 0 Å². The number of nitrogens with two attached hydrogens (primary N) is 1. The first kappa shape index (κ1) is 12.5. The van der Waals surface area contributed by atoms with Crippen molar-refractivity contribution in [3.8, 4) is 0 Å². The lowest BCUT2D eigenvalue weighted by Crippen LogP contribution is -2.52. The normalized spacial score (nSPS) is 20.9. The van der Waals surface area contributed by atoms with E-state index in [0.717, 1.165) is 19.3 Å². The molecule has 0 aliphatic heterocycles. The van der Waals surface area contributed by atoms with Crippen LogP contribution in [-0.2, 0) is 4.79 Å². The summed E-state index contributed by atoms with van der Waals surface area (Å²) in [6, 6.07) is -0.152. The number of aliphatic hydroxyl groups is 1. The van der Waals surface area contributed by atoms with Crippen LogP contribution in [0.4, 0.5) is 0 Å². The Morgan fingerprint density at radius 2 is 2.13 bits per heavy atom. The van der Waals surface area contributed by atoms with Crippen LogP contribution in [0.25, 0.3) is 0 Å². The van der Waals surface area contributed by atoms with Crippen molar-refractivity contribution in [1.29, 1.82) is 0 Å². The zero-order chi connectivity index (χ0) is 11.5. The highest BCUT2D eigenvalue weighted by atomic mass is 16.3. The maximum Gasteiger partial charge on any atom is 0.222 e. The molecule has 0 radical (unpaired) electrons. The van der Waals surface area contributed by atoms with Gasteiger partial charge in [0.1, 0.15) is 0 Å². The Morgan fingerprint density at radius 3 is 2.47 bits per heavy atom. The minimum absolute atomic E-state index is 0.0129. The van der Waals surface area contributed by atoms with Gasteiger partial charge in [-0.05, 0) is 25.2 Å². The third kappa shape index (κ3) is 3.47. The van der Waals surface area contributed by atoms with Crippen molar-refractivity contribution in [2.45, 2.75) is 51.1 Å². The first-order valence-corrected chi connectivity index (χ1v) is 5.66. The molecule has 4 N–H and O–H groups in total. The van der Waals surface area contributed by atoms with E-state index in [4.69, 9.17) is 10.8 Å². The SMILES string of the molecule is CC(C)C(CO)NC(=O)CC1(N)CCC1. The van der Waals surface area contributed by atoms with Gasteiger partial charge in [0, 0.05) is 12.0 Å². The van der Waals surface area contributed by atoms with Crippen LogP contribution in [0.2, 0.25) is 0 Å². The number of hydrogen-bond donors (Lipinski definition) is 3. The van der Waals surface area contributed by atoms with Crippen molar-refractivity contribution in [3.63, 3.8) is 0 Å². The molecule has 1 aliphatic carbocycles. The molecule has 0 saturated heterocycles. The Labute approximate surface area is 91.2 Å². The number of amides is 1. The molecule has 1 unspecified atom stereocenters.